The highest BCUT2D eigenvalue weighted by Gasteiger charge is 2.20. The standard InChI is InChI=1S/C16H20N4/c1-13-9-15(11-18)3-4-16(13)12-19-5-7-20(8-6-19)14(2)10-17/h3-4,9,14H,5-8,12H2,1-2H3. The Morgan fingerprint density at radius 3 is 2.45 bits per heavy atom. The van der Waals surface area contributed by atoms with E-state index in [0.717, 1.165) is 38.3 Å². The number of rotatable bonds is 3. The van der Waals surface area contributed by atoms with Crippen LogP contribution in [0.25, 0.3) is 0 Å². The number of hydrogen-bond acceptors (Lipinski definition) is 4. The molecule has 1 unspecified atom stereocenters. The fraction of sp³-hybridized carbons (Fsp3) is 0.500. The smallest absolute Gasteiger partial charge is 0.0991 e. The van der Waals surface area contributed by atoms with Gasteiger partial charge in [-0.15, -0.1) is 0 Å². The van der Waals surface area contributed by atoms with Gasteiger partial charge in [-0.05, 0) is 37.1 Å². The molecule has 1 saturated heterocycles. The zero-order chi connectivity index (χ0) is 14.5. The predicted octanol–water partition coefficient (Wildman–Crippen LogP) is 1.90. The summed E-state index contributed by atoms with van der Waals surface area (Å²) in [5.41, 5.74) is 3.18. The molecule has 4 nitrogen and oxygen atoms in total. The third kappa shape index (κ3) is 3.36. The minimum absolute atomic E-state index is 0.00815. The van der Waals surface area contributed by atoms with Crippen LogP contribution in [0.1, 0.15) is 23.6 Å². The van der Waals surface area contributed by atoms with Gasteiger partial charge in [0.2, 0.25) is 0 Å². The Balaban J connectivity index is 1.93. The van der Waals surface area contributed by atoms with Crippen LogP contribution in [0.3, 0.4) is 0 Å². The van der Waals surface area contributed by atoms with Crippen LogP contribution in [0.4, 0.5) is 0 Å². The minimum Gasteiger partial charge on any atom is -0.297 e. The van der Waals surface area contributed by atoms with Crippen LogP contribution in [0, 0.1) is 29.6 Å². The second-order valence-electron chi connectivity index (χ2n) is 5.37. The van der Waals surface area contributed by atoms with E-state index in [1.807, 2.05) is 19.1 Å². The van der Waals surface area contributed by atoms with Crippen molar-refractivity contribution in [3.8, 4) is 12.1 Å². The molecule has 0 bridgehead atoms. The Bertz CT molecular complexity index is 545. The number of piperazine rings is 1. The molecule has 0 aromatic heterocycles. The maximum atomic E-state index is 8.94. The van der Waals surface area contributed by atoms with Crippen molar-refractivity contribution in [1.82, 2.24) is 9.80 Å². The first-order valence-corrected chi connectivity index (χ1v) is 6.99. The quantitative estimate of drug-likeness (QED) is 0.840. The molecule has 0 amide bonds. The van der Waals surface area contributed by atoms with E-state index >= 15 is 0 Å². The first-order chi connectivity index (χ1) is 9.63. The molecule has 1 aliphatic heterocycles. The molecule has 0 saturated carbocycles. The summed E-state index contributed by atoms with van der Waals surface area (Å²) in [4.78, 5) is 4.64. The summed E-state index contributed by atoms with van der Waals surface area (Å²) < 4.78 is 0. The molecule has 1 fully saturated rings. The van der Waals surface area contributed by atoms with E-state index in [9.17, 15) is 0 Å². The van der Waals surface area contributed by atoms with E-state index < -0.39 is 0 Å². The average molecular weight is 268 g/mol. The Labute approximate surface area is 120 Å². The molecule has 0 radical (unpaired) electrons. The monoisotopic (exact) mass is 268 g/mol. The number of aryl methyl sites for hydroxylation is 1. The maximum absolute atomic E-state index is 8.94. The molecular weight excluding hydrogens is 248 g/mol. The van der Waals surface area contributed by atoms with Gasteiger partial charge >= 0.3 is 0 Å². The maximum Gasteiger partial charge on any atom is 0.0991 e. The van der Waals surface area contributed by atoms with Gasteiger partial charge in [-0.2, -0.15) is 10.5 Å². The van der Waals surface area contributed by atoms with Crippen LogP contribution in [0.2, 0.25) is 0 Å². The van der Waals surface area contributed by atoms with E-state index in [1.54, 1.807) is 0 Å². The molecule has 1 heterocycles. The Hall–Kier alpha value is -1.88. The Morgan fingerprint density at radius 1 is 1.20 bits per heavy atom. The molecular formula is C16H20N4. The van der Waals surface area contributed by atoms with Crippen LogP contribution < -0.4 is 0 Å². The molecule has 4 heteroatoms. The lowest BCUT2D eigenvalue weighted by atomic mass is 10.0. The second kappa shape index (κ2) is 6.52. The van der Waals surface area contributed by atoms with Crippen LogP contribution in [0.5, 0.6) is 0 Å². The molecule has 1 aromatic rings. The first kappa shape index (κ1) is 14.5. The number of nitrogens with zero attached hydrogens (tertiary/aromatic N) is 4. The lowest BCUT2D eigenvalue weighted by Crippen LogP contribution is -2.48. The summed E-state index contributed by atoms with van der Waals surface area (Å²) in [6, 6.07) is 10.4. The molecule has 104 valence electrons. The van der Waals surface area contributed by atoms with Crippen molar-refractivity contribution < 1.29 is 0 Å². The summed E-state index contributed by atoms with van der Waals surface area (Å²) in [7, 11) is 0. The van der Waals surface area contributed by atoms with Crippen molar-refractivity contribution in [2.24, 2.45) is 0 Å². The highest BCUT2D eigenvalue weighted by molar-refractivity contribution is 5.37. The average Bonchev–Trinajstić information content (AvgIpc) is 2.49. The van der Waals surface area contributed by atoms with E-state index in [0.29, 0.717) is 0 Å². The Morgan fingerprint density at radius 2 is 1.90 bits per heavy atom. The molecule has 1 atom stereocenters. The van der Waals surface area contributed by atoms with Gasteiger partial charge < -0.3 is 0 Å². The van der Waals surface area contributed by atoms with Gasteiger partial charge in [-0.25, -0.2) is 0 Å². The number of nitriles is 2. The number of hydrogen-bond donors (Lipinski definition) is 0. The largest absolute Gasteiger partial charge is 0.297 e. The van der Waals surface area contributed by atoms with Crippen LogP contribution in [-0.4, -0.2) is 42.0 Å². The fourth-order valence-electron chi connectivity index (χ4n) is 2.57. The Kier molecular flexibility index (Phi) is 4.74. The third-order valence-electron chi connectivity index (χ3n) is 4.01. The highest BCUT2D eigenvalue weighted by atomic mass is 15.3. The first-order valence-electron chi connectivity index (χ1n) is 6.99. The van der Waals surface area contributed by atoms with Crippen LogP contribution >= 0.6 is 0 Å². The number of benzene rings is 1. The molecule has 1 aliphatic rings. The molecule has 0 aliphatic carbocycles. The van der Waals surface area contributed by atoms with Crippen molar-refractivity contribution in [3.05, 3.63) is 34.9 Å². The van der Waals surface area contributed by atoms with Crippen LogP contribution in [-0.2, 0) is 6.54 Å². The second-order valence-corrected chi connectivity index (χ2v) is 5.37. The molecule has 2 rings (SSSR count). The summed E-state index contributed by atoms with van der Waals surface area (Å²) >= 11 is 0. The van der Waals surface area contributed by atoms with Gasteiger partial charge in [0.05, 0.1) is 23.7 Å². The summed E-state index contributed by atoms with van der Waals surface area (Å²) in [5.74, 6) is 0. The van der Waals surface area contributed by atoms with Gasteiger partial charge in [0, 0.05) is 32.7 Å². The van der Waals surface area contributed by atoms with Crippen molar-refractivity contribution in [3.63, 3.8) is 0 Å². The minimum atomic E-state index is 0.00815. The van der Waals surface area contributed by atoms with E-state index in [1.165, 1.54) is 11.1 Å². The van der Waals surface area contributed by atoms with E-state index in [-0.39, 0.29) is 6.04 Å². The van der Waals surface area contributed by atoms with E-state index in [4.69, 9.17) is 10.5 Å². The van der Waals surface area contributed by atoms with Gasteiger partial charge in [0.25, 0.3) is 0 Å². The normalized spacial score (nSPS) is 18.2. The van der Waals surface area contributed by atoms with Crippen LogP contribution in [0.15, 0.2) is 18.2 Å². The van der Waals surface area contributed by atoms with Crippen molar-refractivity contribution in [2.75, 3.05) is 26.2 Å². The zero-order valence-electron chi connectivity index (χ0n) is 12.1. The van der Waals surface area contributed by atoms with Crippen molar-refractivity contribution >= 4 is 0 Å². The molecule has 20 heavy (non-hydrogen) atoms. The molecule has 0 spiro atoms. The topological polar surface area (TPSA) is 54.1 Å². The van der Waals surface area contributed by atoms with Crippen molar-refractivity contribution in [2.45, 2.75) is 26.4 Å². The van der Waals surface area contributed by atoms with Gasteiger partial charge in [0.15, 0.2) is 0 Å². The third-order valence-corrected chi connectivity index (χ3v) is 4.01. The van der Waals surface area contributed by atoms with Gasteiger partial charge in [-0.3, -0.25) is 9.80 Å². The lowest BCUT2D eigenvalue weighted by molar-refractivity contribution is 0.114. The summed E-state index contributed by atoms with van der Waals surface area (Å²) in [6.07, 6.45) is 0. The molecule has 0 N–H and O–H groups in total. The summed E-state index contributed by atoms with van der Waals surface area (Å²) in [6.45, 7) is 8.82. The van der Waals surface area contributed by atoms with Crippen molar-refractivity contribution in [1.29, 1.82) is 10.5 Å². The SMILES string of the molecule is Cc1cc(C#N)ccc1CN1CCN(C(C)C#N)CC1. The highest BCUT2D eigenvalue weighted by Crippen LogP contribution is 2.15. The lowest BCUT2D eigenvalue weighted by Gasteiger charge is -2.36. The molecule has 1 aromatic carbocycles. The fourth-order valence-corrected chi connectivity index (χ4v) is 2.57. The van der Waals surface area contributed by atoms with Gasteiger partial charge in [-0.1, -0.05) is 6.07 Å². The summed E-state index contributed by atoms with van der Waals surface area (Å²) in [5, 5.41) is 17.8. The zero-order valence-corrected chi connectivity index (χ0v) is 12.1. The van der Waals surface area contributed by atoms with Gasteiger partial charge in [0.1, 0.15) is 0 Å². The predicted molar refractivity (Wildman–Crippen MR) is 77.8 cm³/mol. The van der Waals surface area contributed by atoms with E-state index in [2.05, 4.69) is 34.9 Å².